The fourth-order valence-corrected chi connectivity index (χ4v) is 2.98. The molecule has 7 heteroatoms. The molecule has 0 fully saturated rings. The summed E-state index contributed by atoms with van der Waals surface area (Å²) in [5, 5.41) is 14.4. The van der Waals surface area contributed by atoms with Crippen LogP contribution in [-0.4, -0.2) is 29.5 Å². The van der Waals surface area contributed by atoms with E-state index in [4.69, 9.17) is 9.84 Å². The molecule has 3 N–H and O–H groups in total. The number of fused-ring (bicyclic) bond motifs is 1. The highest BCUT2D eigenvalue weighted by Gasteiger charge is 2.15. The molecule has 28 heavy (non-hydrogen) atoms. The number of hydrogen-bond donors (Lipinski definition) is 3. The summed E-state index contributed by atoms with van der Waals surface area (Å²) in [7, 11) is 0. The maximum atomic E-state index is 12.0. The third-order valence-electron chi connectivity index (χ3n) is 4.38. The molecule has 0 aliphatic carbocycles. The van der Waals surface area contributed by atoms with Gasteiger partial charge in [0.25, 0.3) is 0 Å². The van der Waals surface area contributed by atoms with E-state index < -0.39 is 5.97 Å². The third-order valence-corrected chi connectivity index (χ3v) is 4.38. The summed E-state index contributed by atoms with van der Waals surface area (Å²) in [6.45, 7) is 0.413. The second-order valence-corrected chi connectivity index (χ2v) is 6.63. The molecule has 1 aliphatic rings. The summed E-state index contributed by atoms with van der Waals surface area (Å²) in [5.41, 5.74) is 3.21. The van der Waals surface area contributed by atoms with Crippen LogP contribution in [0.2, 0.25) is 0 Å². The van der Waals surface area contributed by atoms with Gasteiger partial charge in [-0.3, -0.25) is 14.4 Å². The molecule has 0 bridgehead atoms. The Kier molecular flexibility index (Phi) is 6.26. The molecule has 0 atom stereocenters. The molecule has 0 radical (unpaired) electrons. The van der Waals surface area contributed by atoms with E-state index in [9.17, 15) is 14.4 Å². The quantitative estimate of drug-likeness (QED) is 0.609. The lowest BCUT2D eigenvalue weighted by atomic mass is 10.0. The predicted molar refractivity (Wildman–Crippen MR) is 105 cm³/mol. The minimum atomic E-state index is -0.888. The van der Waals surface area contributed by atoms with E-state index in [1.54, 1.807) is 24.3 Å². The van der Waals surface area contributed by atoms with Gasteiger partial charge in [-0.05, 0) is 54.3 Å². The first-order valence-corrected chi connectivity index (χ1v) is 9.16. The summed E-state index contributed by atoms with van der Waals surface area (Å²) in [6, 6.07) is 12.3. The Hall–Kier alpha value is -3.35. The molecule has 0 saturated heterocycles. The number of benzene rings is 2. The molecule has 0 unspecified atom stereocenters. The second kappa shape index (κ2) is 9.03. The van der Waals surface area contributed by atoms with Gasteiger partial charge in [0.05, 0.1) is 13.0 Å². The zero-order valence-electron chi connectivity index (χ0n) is 15.4. The molecular formula is C21H22N2O5. The number of anilines is 2. The van der Waals surface area contributed by atoms with Crippen LogP contribution in [0.25, 0.3) is 0 Å². The monoisotopic (exact) mass is 382 g/mol. The number of ether oxygens (including phenoxy) is 1. The number of rotatable bonds is 8. The van der Waals surface area contributed by atoms with E-state index in [-0.39, 0.29) is 18.2 Å². The lowest BCUT2D eigenvalue weighted by molar-refractivity contribution is -0.136. The lowest BCUT2D eigenvalue weighted by Crippen LogP contribution is -2.18. The van der Waals surface area contributed by atoms with Gasteiger partial charge in [0.15, 0.2) is 0 Å². The molecule has 2 amide bonds. The zero-order valence-corrected chi connectivity index (χ0v) is 15.4. The number of amides is 2. The smallest absolute Gasteiger partial charge is 0.307 e. The van der Waals surface area contributed by atoms with E-state index in [1.165, 1.54) is 0 Å². The molecule has 1 heterocycles. The highest BCUT2D eigenvalue weighted by atomic mass is 16.5. The van der Waals surface area contributed by atoms with Crippen molar-refractivity contribution in [3.05, 3.63) is 53.6 Å². The highest BCUT2D eigenvalue weighted by molar-refractivity contribution is 5.94. The third kappa shape index (κ3) is 5.57. The van der Waals surface area contributed by atoms with Crippen molar-refractivity contribution in [1.82, 2.24) is 0 Å². The average molecular weight is 382 g/mol. The Labute approximate surface area is 162 Å². The number of nitrogens with one attached hydrogen (secondary N) is 2. The Balaban J connectivity index is 1.40. The van der Waals surface area contributed by atoms with E-state index >= 15 is 0 Å². The number of carbonyl (C=O) groups excluding carboxylic acids is 2. The van der Waals surface area contributed by atoms with Crippen molar-refractivity contribution in [1.29, 1.82) is 0 Å². The van der Waals surface area contributed by atoms with Crippen LogP contribution >= 0.6 is 0 Å². The maximum absolute atomic E-state index is 12.0. The number of aryl methyl sites for hydroxylation is 1. The van der Waals surface area contributed by atoms with Crippen molar-refractivity contribution in [2.75, 3.05) is 17.2 Å². The maximum Gasteiger partial charge on any atom is 0.307 e. The zero-order chi connectivity index (χ0) is 19.9. The van der Waals surface area contributed by atoms with Crippen LogP contribution in [0.4, 0.5) is 11.4 Å². The van der Waals surface area contributed by atoms with Crippen molar-refractivity contribution in [3.63, 3.8) is 0 Å². The molecular weight excluding hydrogens is 360 g/mol. The summed E-state index contributed by atoms with van der Waals surface area (Å²) in [4.78, 5) is 34.0. The first-order chi connectivity index (χ1) is 13.5. The first kappa shape index (κ1) is 19.4. The van der Waals surface area contributed by atoms with Gasteiger partial charge in [-0.2, -0.15) is 0 Å². The van der Waals surface area contributed by atoms with Crippen molar-refractivity contribution in [2.24, 2.45) is 0 Å². The molecule has 146 valence electrons. The van der Waals surface area contributed by atoms with Crippen LogP contribution < -0.4 is 15.4 Å². The Morgan fingerprint density at radius 2 is 1.89 bits per heavy atom. The molecule has 0 spiro atoms. The first-order valence-electron chi connectivity index (χ1n) is 9.16. The number of carboxylic acid groups (broad SMARTS) is 1. The van der Waals surface area contributed by atoms with E-state index in [0.717, 1.165) is 17.0 Å². The molecule has 1 aliphatic heterocycles. The Morgan fingerprint density at radius 1 is 1.11 bits per heavy atom. The fraction of sp³-hybridized carbons (Fsp3) is 0.286. The predicted octanol–water partition coefficient (Wildman–Crippen LogP) is 3.00. The van der Waals surface area contributed by atoms with Gasteiger partial charge < -0.3 is 20.5 Å². The number of hydrogen-bond acceptors (Lipinski definition) is 4. The van der Waals surface area contributed by atoms with Gasteiger partial charge in [-0.1, -0.05) is 12.1 Å². The molecule has 3 rings (SSSR count). The topological polar surface area (TPSA) is 105 Å². The summed E-state index contributed by atoms with van der Waals surface area (Å²) in [6.07, 6.45) is 2.02. The van der Waals surface area contributed by atoms with Crippen LogP contribution in [0.1, 0.15) is 30.4 Å². The summed E-state index contributed by atoms with van der Waals surface area (Å²) < 4.78 is 5.70. The van der Waals surface area contributed by atoms with Gasteiger partial charge in [-0.25, -0.2) is 0 Å². The number of carboxylic acids is 1. The summed E-state index contributed by atoms with van der Waals surface area (Å²) in [5.74, 6) is -0.253. The van der Waals surface area contributed by atoms with E-state index in [0.29, 0.717) is 43.5 Å². The minimum Gasteiger partial charge on any atom is -0.494 e. The number of carbonyl (C=O) groups is 3. The van der Waals surface area contributed by atoms with Gasteiger partial charge >= 0.3 is 5.97 Å². The molecule has 7 nitrogen and oxygen atoms in total. The normalized spacial score (nSPS) is 12.6. The van der Waals surface area contributed by atoms with Crippen LogP contribution in [0, 0.1) is 0 Å². The van der Waals surface area contributed by atoms with Crippen LogP contribution in [-0.2, 0) is 27.2 Å². The fourth-order valence-electron chi connectivity index (χ4n) is 2.98. The molecule has 0 saturated carbocycles. The molecule has 0 aromatic heterocycles. The van der Waals surface area contributed by atoms with Crippen molar-refractivity contribution in [2.45, 2.75) is 32.1 Å². The summed E-state index contributed by atoms with van der Waals surface area (Å²) >= 11 is 0. The van der Waals surface area contributed by atoms with Crippen molar-refractivity contribution >= 4 is 29.2 Å². The van der Waals surface area contributed by atoms with Gasteiger partial charge in [0.2, 0.25) is 11.8 Å². The second-order valence-electron chi connectivity index (χ2n) is 6.63. The Bertz CT molecular complexity index is 877. The van der Waals surface area contributed by atoms with E-state index in [1.807, 2.05) is 18.2 Å². The van der Waals surface area contributed by atoms with Crippen LogP contribution in [0.3, 0.4) is 0 Å². The molecule has 2 aromatic rings. The largest absolute Gasteiger partial charge is 0.494 e. The number of aliphatic carboxylic acids is 1. The highest BCUT2D eigenvalue weighted by Crippen LogP contribution is 2.26. The van der Waals surface area contributed by atoms with Crippen LogP contribution in [0.15, 0.2) is 42.5 Å². The Morgan fingerprint density at radius 3 is 2.64 bits per heavy atom. The average Bonchev–Trinajstić information content (AvgIpc) is 2.66. The molecule has 2 aromatic carbocycles. The minimum absolute atomic E-state index is 0.0312. The lowest BCUT2D eigenvalue weighted by Gasteiger charge is -2.17. The van der Waals surface area contributed by atoms with Crippen molar-refractivity contribution in [3.8, 4) is 5.75 Å². The standard InChI is InChI=1S/C21H22N2O5/c24-19(22-16-6-3-14(4-7-16)12-21(26)27)2-1-11-28-17-8-9-18-15(13-17)5-10-20(25)23-18/h3-4,6-9,13H,1-2,5,10-12H2,(H,22,24)(H,23,25)(H,26,27). The van der Waals surface area contributed by atoms with Crippen molar-refractivity contribution < 1.29 is 24.2 Å². The SMILES string of the molecule is O=C(O)Cc1ccc(NC(=O)CCCOc2ccc3c(c2)CCC(=O)N3)cc1. The van der Waals surface area contributed by atoms with Gasteiger partial charge in [-0.15, -0.1) is 0 Å². The van der Waals surface area contributed by atoms with E-state index in [2.05, 4.69) is 10.6 Å². The van der Waals surface area contributed by atoms with Gasteiger partial charge in [0.1, 0.15) is 5.75 Å². The van der Waals surface area contributed by atoms with Gasteiger partial charge in [0, 0.05) is 24.2 Å². The van der Waals surface area contributed by atoms with Crippen LogP contribution in [0.5, 0.6) is 5.75 Å².